The molecule has 0 unspecified atom stereocenters. The summed E-state index contributed by atoms with van der Waals surface area (Å²) < 4.78 is 35.9. The van der Waals surface area contributed by atoms with E-state index in [1.165, 1.54) is 12.1 Å². The summed E-state index contributed by atoms with van der Waals surface area (Å²) in [6.07, 6.45) is 5.07. The summed E-state index contributed by atoms with van der Waals surface area (Å²) in [7, 11) is 0. The average Bonchev–Trinajstić information content (AvgIpc) is 3.12. The molecule has 16 heteroatoms. The molecule has 0 bridgehead atoms. The average molecular weight is 712 g/mol. The number of ether oxygens (including phenoxy) is 1. The molecule has 4 saturated heterocycles. The maximum absolute atomic E-state index is 15.3. The Hall–Kier alpha value is -4.60. The predicted octanol–water partition coefficient (Wildman–Crippen LogP) is 2.38. The summed E-state index contributed by atoms with van der Waals surface area (Å²) in [4.78, 5) is 67.2. The van der Waals surface area contributed by atoms with Crippen molar-refractivity contribution in [2.75, 3.05) is 87.2 Å². The molecule has 1 aromatic heterocycles. The number of imide groups is 1. The molecule has 0 saturated carbocycles. The van der Waals surface area contributed by atoms with Crippen LogP contribution in [0, 0.1) is 24.5 Å². The third-order valence-corrected chi connectivity index (χ3v) is 10.8. The fraction of sp³-hybridized carbons (Fsp3) is 0.600. The lowest BCUT2D eigenvalue weighted by atomic mass is 9.78. The van der Waals surface area contributed by atoms with Gasteiger partial charge in [-0.25, -0.2) is 23.5 Å². The smallest absolute Gasteiger partial charge is 0.410 e. The van der Waals surface area contributed by atoms with Crippen molar-refractivity contribution in [2.24, 2.45) is 5.92 Å². The largest absolute Gasteiger partial charge is 0.439 e. The van der Waals surface area contributed by atoms with Gasteiger partial charge in [-0.1, -0.05) is 0 Å². The Morgan fingerprint density at radius 1 is 0.882 bits per heavy atom. The number of rotatable bonds is 8. The van der Waals surface area contributed by atoms with Gasteiger partial charge in [0.05, 0.1) is 18.1 Å². The van der Waals surface area contributed by atoms with Gasteiger partial charge < -0.3 is 29.7 Å². The van der Waals surface area contributed by atoms with E-state index in [4.69, 9.17) is 4.74 Å². The lowest BCUT2D eigenvalue weighted by Crippen LogP contribution is -2.59. The van der Waals surface area contributed by atoms with Gasteiger partial charge in [-0.05, 0) is 58.1 Å². The number of aryl methyl sites for hydroxylation is 1. The first-order valence-electron chi connectivity index (χ1n) is 17.7. The van der Waals surface area contributed by atoms with Gasteiger partial charge in [0.2, 0.25) is 11.8 Å². The molecule has 4 amide bonds. The zero-order valence-corrected chi connectivity index (χ0v) is 29.5. The van der Waals surface area contributed by atoms with Gasteiger partial charge in [-0.3, -0.25) is 24.6 Å². The van der Waals surface area contributed by atoms with Crippen LogP contribution in [-0.4, -0.2) is 132 Å². The highest BCUT2D eigenvalue weighted by Crippen LogP contribution is 2.35. The lowest BCUT2D eigenvalue weighted by molar-refractivity contribution is -0.137. The monoisotopic (exact) mass is 711 g/mol. The van der Waals surface area contributed by atoms with Gasteiger partial charge in [-0.2, -0.15) is 0 Å². The molecule has 1 atom stereocenters. The molecule has 2 N–H and O–H groups in total. The number of piperazine rings is 2. The summed E-state index contributed by atoms with van der Waals surface area (Å²) >= 11 is 0. The molecule has 4 aliphatic heterocycles. The molecule has 5 heterocycles. The molecular formula is C35H47F2N9O5. The number of aromatic nitrogens is 2. The van der Waals surface area contributed by atoms with E-state index in [1.807, 2.05) is 6.92 Å². The molecule has 4 fully saturated rings. The standard InChI is InChI=1S/C35H47F2N9O5/c1-23-38-20-26(21-39-23)42-10-12-45(13-11-42)34(50)51-22-31(48)43-8-6-24(7-9-43)35(2,3)46-16-14-44(15-17-46)32-27(36)18-25(19-28(32)37)40-29-4-5-30(47)41-33(29)49/h18-21,24,29,40H,4-17,22H2,1-3H3,(H,41,47,49)/t29-/m0/s1. The van der Waals surface area contributed by atoms with Gasteiger partial charge >= 0.3 is 6.09 Å². The van der Waals surface area contributed by atoms with Gasteiger partial charge in [0.15, 0.2) is 18.2 Å². The van der Waals surface area contributed by atoms with E-state index in [0.717, 1.165) is 18.5 Å². The second kappa shape index (κ2) is 15.3. The summed E-state index contributed by atoms with van der Waals surface area (Å²) in [5, 5.41) is 5.08. The van der Waals surface area contributed by atoms with Crippen molar-refractivity contribution in [3.63, 3.8) is 0 Å². The van der Waals surface area contributed by atoms with Crippen LogP contribution in [0.25, 0.3) is 0 Å². The highest BCUT2D eigenvalue weighted by molar-refractivity contribution is 6.01. The summed E-state index contributed by atoms with van der Waals surface area (Å²) in [6, 6.07) is 1.65. The van der Waals surface area contributed by atoms with Crippen LogP contribution in [0.15, 0.2) is 24.5 Å². The highest BCUT2D eigenvalue weighted by atomic mass is 19.1. The topological polar surface area (TPSA) is 144 Å². The van der Waals surface area contributed by atoms with Crippen LogP contribution in [0.1, 0.15) is 45.4 Å². The number of hydrogen-bond acceptors (Lipinski definition) is 11. The number of likely N-dealkylation sites (tertiary alicyclic amines) is 1. The van der Waals surface area contributed by atoms with E-state index in [-0.39, 0.29) is 48.2 Å². The Labute approximate surface area is 296 Å². The maximum atomic E-state index is 15.3. The number of carbonyl (C=O) groups is 4. The van der Waals surface area contributed by atoms with Crippen LogP contribution < -0.4 is 20.4 Å². The van der Waals surface area contributed by atoms with E-state index in [2.05, 4.69) is 44.2 Å². The summed E-state index contributed by atoms with van der Waals surface area (Å²) in [5.74, 6) is -1.49. The van der Waals surface area contributed by atoms with Crippen LogP contribution in [0.4, 0.5) is 30.6 Å². The van der Waals surface area contributed by atoms with Gasteiger partial charge in [0.25, 0.3) is 5.91 Å². The third kappa shape index (κ3) is 8.32. The fourth-order valence-electron chi connectivity index (χ4n) is 7.59. The zero-order valence-electron chi connectivity index (χ0n) is 29.5. The Kier molecular flexibility index (Phi) is 10.9. The van der Waals surface area contributed by atoms with Crippen LogP contribution in [-0.2, 0) is 19.1 Å². The molecule has 2 aromatic rings. The van der Waals surface area contributed by atoms with Crippen molar-refractivity contribution in [2.45, 2.75) is 58.0 Å². The number of carbonyl (C=O) groups excluding carboxylic acids is 4. The molecule has 14 nitrogen and oxygen atoms in total. The van der Waals surface area contributed by atoms with Gasteiger partial charge in [0.1, 0.15) is 17.6 Å². The zero-order chi connectivity index (χ0) is 36.3. The van der Waals surface area contributed by atoms with Crippen LogP contribution in [0.3, 0.4) is 0 Å². The third-order valence-electron chi connectivity index (χ3n) is 10.8. The molecule has 0 radical (unpaired) electrons. The van der Waals surface area contributed by atoms with E-state index in [1.54, 1.807) is 27.1 Å². The van der Waals surface area contributed by atoms with Crippen LogP contribution >= 0.6 is 0 Å². The molecule has 1 aromatic carbocycles. The fourth-order valence-corrected chi connectivity index (χ4v) is 7.59. The van der Waals surface area contributed by atoms with Crippen molar-refractivity contribution in [3.8, 4) is 0 Å². The maximum Gasteiger partial charge on any atom is 0.410 e. The van der Waals surface area contributed by atoms with E-state index < -0.39 is 29.7 Å². The van der Waals surface area contributed by atoms with Crippen molar-refractivity contribution in [1.82, 2.24) is 30.0 Å². The predicted molar refractivity (Wildman–Crippen MR) is 185 cm³/mol. The van der Waals surface area contributed by atoms with E-state index in [0.29, 0.717) is 77.2 Å². The number of anilines is 3. The molecule has 6 rings (SSSR count). The normalized spacial score (nSPS) is 21.1. The van der Waals surface area contributed by atoms with Crippen LogP contribution in [0.5, 0.6) is 0 Å². The quantitative estimate of drug-likeness (QED) is 0.390. The number of piperidine rings is 2. The Morgan fingerprint density at radius 3 is 2.10 bits per heavy atom. The minimum absolute atomic E-state index is 0.0894. The minimum atomic E-state index is -0.737. The Balaban J connectivity index is 0.927. The molecule has 51 heavy (non-hydrogen) atoms. The Morgan fingerprint density at radius 2 is 1.49 bits per heavy atom. The van der Waals surface area contributed by atoms with Crippen molar-refractivity contribution in [3.05, 3.63) is 42.0 Å². The first-order valence-corrected chi connectivity index (χ1v) is 17.7. The summed E-state index contributed by atoms with van der Waals surface area (Å²) in [5.41, 5.74) is 0.768. The number of benzene rings is 1. The number of hydrogen-bond donors (Lipinski definition) is 2. The first kappa shape index (κ1) is 36.2. The van der Waals surface area contributed by atoms with E-state index in [9.17, 15) is 19.2 Å². The number of amides is 4. The Bertz CT molecular complexity index is 1580. The van der Waals surface area contributed by atoms with Crippen molar-refractivity contribution in [1.29, 1.82) is 0 Å². The molecule has 4 aliphatic rings. The number of nitrogens with zero attached hydrogens (tertiary/aromatic N) is 7. The van der Waals surface area contributed by atoms with Gasteiger partial charge in [-0.15, -0.1) is 0 Å². The number of halogens is 2. The highest BCUT2D eigenvalue weighted by Gasteiger charge is 2.40. The minimum Gasteiger partial charge on any atom is -0.439 e. The lowest BCUT2D eigenvalue weighted by Gasteiger charge is -2.50. The van der Waals surface area contributed by atoms with E-state index >= 15 is 8.78 Å². The number of nitrogens with one attached hydrogen (secondary N) is 2. The SMILES string of the molecule is Cc1ncc(N2CCN(C(=O)OCC(=O)N3CCC(C(C)(C)N4CCN(c5c(F)cc(N[C@H]6CCC(=O)NC6=O)cc5F)CC4)CC3)CC2)cn1. The second-order valence-corrected chi connectivity index (χ2v) is 14.2. The second-order valence-electron chi connectivity index (χ2n) is 14.2. The molecule has 276 valence electrons. The van der Waals surface area contributed by atoms with Gasteiger partial charge in [0, 0.05) is 83.1 Å². The van der Waals surface area contributed by atoms with Crippen molar-refractivity contribution < 1.29 is 32.7 Å². The first-order chi connectivity index (χ1) is 24.4. The molecule has 0 spiro atoms. The summed E-state index contributed by atoms with van der Waals surface area (Å²) in [6.45, 7) is 11.4. The van der Waals surface area contributed by atoms with Crippen LogP contribution in [0.2, 0.25) is 0 Å². The van der Waals surface area contributed by atoms with Crippen molar-refractivity contribution >= 4 is 40.9 Å². The molecular weight excluding hydrogens is 664 g/mol. The molecule has 0 aliphatic carbocycles.